The van der Waals surface area contributed by atoms with E-state index in [2.05, 4.69) is 15.9 Å². The molecule has 0 amide bonds. The Labute approximate surface area is 123 Å². The van der Waals surface area contributed by atoms with Gasteiger partial charge in [0.15, 0.2) is 0 Å². The highest BCUT2D eigenvalue weighted by atomic mass is 79.9. The minimum atomic E-state index is -0.602. The Morgan fingerprint density at radius 2 is 1.61 bits per heavy atom. The van der Waals surface area contributed by atoms with Gasteiger partial charge in [0.05, 0.1) is 6.04 Å². The Kier molecular flexibility index (Phi) is 4.28. The van der Waals surface area contributed by atoms with Gasteiger partial charge in [-0.3, -0.25) is 0 Å². The van der Waals surface area contributed by atoms with Crippen molar-refractivity contribution in [2.75, 3.05) is 0 Å². The molecule has 0 radical (unpaired) electrons. The molecule has 1 atom stereocenters. The van der Waals surface area contributed by atoms with Gasteiger partial charge in [-0.2, -0.15) is 0 Å². The van der Waals surface area contributed by atoms with Gasteiger partial charge in [-0.25, -0.2) is 4.39 Å². The zero-order valence-electron chi connectivity index (χ0n) is 9.13. The highest BCUT2D eigenvalue weighted by Gasteiger charge is 2.16. The Balaban J connectivity index is 2.47. The number of halogens is 4. The maximum atomic E-state index is 13.8. The highest BCUT2D eigenvalue weighted by Crippen LogP contribution is 2.31. The SMILES string of the molecule is NC(c1ccc(Cl)cc1F)c1cc(Cl)ccc1Br. The van der Waals surface area contributed by atoms with Crippen molar-refractivity contribution in [3.63, 3.8) is 0 Å². The van der Waals surface area contributed by atoms with E-state index < -0.39 is 11.9 Å². The zero-order valence-corrected chi connectivity index (χ0v) is 12.2. The molecule has 0 spiro atoms. The van der Waals surface area contributed by atoms with Gasteiger partial charge < -0.3 is 5.73 Å². The first-order valence-corrected chi connectivity index (χ1v) is 6.69. The van der Waals surface area contributed by atoms with E-state index in [1.54, 1.807) is 30.3 Å². The minimum Gasteiger partial charge on any atom is -0.320 e. The van der Waals surface area contributed by atoms with E-state index in [0.29, 0.717) is 15.6 Å². The predicted molar refractivity (Wildman–Crippen MR) is 76.6 cm³/mol. The average molecular weight is 349 g/mol. The van der Waals surface area contributed by atoms with Crippen molar-refractivity contribution in [3.05, 3.63) is 67.9 Å². The molecular weight excluding hydrogens is 340 g/mol. The summed E-state index contributed by atoms with van der Waals surface area (Å²) >= 11 is 15.0. The van der Waals surface area contributed by atoms with Crippen LogP contribution in [-0.4, -0.2) is 0 Å². The largest absolute Gasteiger partial charge is 0.320 e. The zero-order chi connectivity index (χ0) is 13.3. The van der Waals surface area contributed by atoms with Crippen molar-refractivity contribution in [1.82, 2.24) is 0 Å². The van der Waals surface area contributed by atoms with Crippen LogP contribution in [0.3, 0.4) is 0 Å². The fourth-order valence-electron chi connectivity index (χ4n) is 1.67. The van der Waals surface area contributed by atoms with Gasteiger partial charge in [-0.1, -0.05) is 45.2 Å². The second kappa shape index (κ2) is 5.57. The lowest BCUT2D eigenvalue weighted by Crippen LogP contribution is -2.14. The van der Waals surface area contributed by atoms with Gasteiger partial charge >= 0.3 is 0 Å². The van der Waals surface area contributed by atoms with Crippen LogP contribution in [0.25, 0.3) is 0 Å². The monoisotopic (exact) mass is 347 g/mol. The summed E-state index contributed by atoms with van der Waals surface area (Å²) in [6.07, 6.45) is 0. The van der Waals surface area contributed by atoms with E-state index in [9.17, 15) is 4.39 Å². The third kappa shape index (κ3) is 2.86. The lowest BCUT2D eigenvalue weighted by molar-refractivity contribution is 0.599. The van der Waals surface area contributed by atoms with Gasteiger partial charge in [0, 0.05) is 20.1 Å². The summed E-state index contributed by atoms with van der Waals surface area (Å²) < 4.78 is 14.6. The lowest BCUT2D eigenvalue weighted by atomic mass is 9.99. The second-order valence-electron chi connectivity index (χ2n) is 3.81. The summed E-state index contributed by atoms with van der Waals surface area (Å²) in [7, 11) is 0. The molecule has 5 heteroatoms. The fraction of sp³-hybridized carbons (Fsp3) is 0.0769. The van der Waals surface area contributed by atoms with Crippen LogP contribution in [0.1, 0.15) is 17.2 Å². The lowest BCUT2D eigenvalue weighted by Gasteiger charge is -2.15. The summed E-state index contributed by atoms with van der Waals surface area (Å²) in [6.45, 7) is 0. The molecule has 94 valence electrons. The summed E-state index contributed by atoms with van der Waals surface area (Å²) in [6, 6.07) is 9.06. The topological polar surface area (TPSA) is 26.0 Å². The van der Waals surface area contributed by atoms with E-state index in [-0.39, 0.29) is 0 Å². The summed E-state index contributed by atoms with van der Waals surface area (Å²) in [4.78, 5) is 0. The van der Waals surface area contributed by atoms with Gasteiger partial charge in [0.2, 0.25) is 0 Å². The molecule has 2 rings (SSSR count). The van der Waals surface area contributed by atoms with Gasteiger partial charge in [0.1, 0.15) is 5.82 Å². The Bertz CT molecular complexity index is 589. The molecule has 0 aromatic heterocycles. The molecule has 0 aliphatic heterocycles. The fourth-order valence-corrected chi connectivity index (χ4v) is 2.51. The van der Waals surface area contributed by atoms with Crippen LogP contribution >= 0.6 is 39.1 Å². The van der Waals surface area contributed by atoms with Crippen molar-refractivity contribution in [3.8, 4) is 0 Å². The molecule has 0 saturated carbocycles. The van der Waals surface area contributed by atoms with E-state index >= 15 is 0 Å². The van der Waals surface area contributed by atoms with Crippen LogP contribution in [0.5, 0.6) is 0 Å². The molecule has 0 bridgehead atoms. The number of nitrogens with two attached hydrogens (primary N) is 1. The van der Waals surface area contributed by atoms with Crippen molar-refractivity contribution in [2.24, 2.45) is 5.73 Å². The number of hydrogen-bond acceptors (Lipinski definition) is 1. The van der Waals surface area contributed by atoms with Crippen molar-refractivity contribution >= 4 is 39.1 Å². The summed E-state index contributed by atoms with van der Waals surface area (Å²) in [5.41, 5.74) is 7.17. The highest BCUT2D eigenvalue weighted by molar-refractivity contribution is 9.10. The number of rotatable bonds is 2. The maximum Gasteiger partial charge on any atom is 0.129 e. The van der Waals surface area contributed by atoms with Gasteiger partial charge in [-0.15, -0.1) is 0 Å². The quantitative estimate of drug-likeness (QED) is 0.816. The normalized spacial score (nSPS) is 12.5. The Morgan fingerprint density at radius 3 is 2.28 bits per heavy atom. The smallest absolute Gasteiger partial charge is 0.129 e. The number of benzene rings is 2. The van der Waals surface area contributed by atoms with E-state index in [1.165, 1.54) is 6.07 Å². The van der Waals surface area contributed by atoms with E-state index in [4.69, 9.17) is 28.9 Å². The van der Waals surface area contributed by atoms with E-state index in [1.807, 2.05) is 0 Å². The minimum absolute atomic E-state index is 0.341. The van der Waals surface area contributed by atoms with Crippen molar-refractivity contribution < 1.29 is 4.39 Å². The van der Waals surface area contributed by atoms with Gasteiger partial charge in [0.25, 0.3) is 0 Å². The van der Waals surface area contributed by atoms with Crippen LogP contribution in [-0.2, 0) is 0 Å². The summed E-state index contributed by atoms with van der Waals surface area (Å²) in [5, 5.41) is 0.895. The Morgan fingerprint density at radius 1 is 1.00 bits per heavy atom. The molecule has 2 aromatic rings. The molecule has 0 aliphatic rings. The van der Waals surface area contributed by atoms with Crippen LogP contribution in [0.2, 0.25) is 10.0 Å². The molecule has 2 aromatic carbocycles. The molecular formula is C13H9BrCl2FN. The molecule has 0 aliphatic carbocycles. The van der Waals surface area contributed by atoms with Gasteiger partial charge in [-0.05, 0) is 35.9 Å². The first-order valence-electron chi connectivity index (χ1n) is 5.14. The third-order valence-corrected chi connectivity index (χ3v) is 3.78. The molecule has 2 N–H and O–H groups in total. The predicted octanol–water partition coefficient (Wildman–Crippen LogP) is 4.94. The molecule has 0 saturated heterocycles. The van der Waals surface area contributed by atoms with Crippen LogP contribution in [0.15, 0.2) is 40.9 Å². The second-order valence-corrected chi connectivity index (χ2v) is 5.54. The van der Waals surface area contributed by atoms with Crippen molar-refractivity contribution in [2.45, 2.75) is 6.04 Å². The first-order chi connectivity index (χ1) is 8.49. The molecule has 1 nitrogen and oxygen atoms in total. The van der Waals surface area contributed by atoms with E-state index in [0.717, 1.165) is 10.0 Å². The molecule has 0 fully saturated rings. The number of hydrogen-bond donors (Lipinski definition) is 1. The van der Waals surface area contributed by atoms with Crippen LogP contribution in [0.4, 0.5) is 4.39 Å². The molecule has 1 unspecified atom stereocenters. The van der Waals surface area contributed by atoms with Crippen LogP contribution < -0.4 is 5.73 Å². The molecule has 18 heavy (non-hydrogen) atoms. The first kappa shape index (κ1) is 13.8. The molecule has 0 heterocycles. The average Bonchev–Trinajstić information content (AvgIpc) is 2.31. The summed E-state index contributed by atoms with van der Waals surface area (Å²) in [5.74, 6) is -0.429. The Hall–Kier alpha value is -0.610. The van der Waals surface area contributed by atoms with Crippen LogP contribution in [0, 0.1) is 5.82 Å². The maximum absolute atomic E-state index is 13.8. The third-order valence-electron chi connectivity index (χ3n) is 2.59. The van der Waals surface area contributed by atoms with Crippen molar-refractivity contribution in [1.29, 1.82) is 0 Å². The standard InChI is InChI=1S/C13H9BrCl2FN/c14-11-4-2-7(15)5-10(11)13(18)9-3-1-8(16)6-12(9)17/h1-6,13H,18H2.